The molecule has 0 aliphatic rings. The van der Waals surface area contributed by atoms with Crippen molar-refractivity contribution in [1.29, 1.82) is 0 Å². The van der Waals surface area contributed by atoms with E-state index >= 15 is 0 Å². The Bertz CT molecular complexity index is 611. The van der Waals surface area contributed by atoms with Crippen molar-refractivity contribution >= 4 is 39.9 Å². The summed E-state index contributed by atoms with van der Waals surface area (Å²) in [5.74, 6) is -0.158. The van der Waals surface area contributed by atoms with Crippen LogP contribution in [0.5, 0.6) is 0 Å². The number of pyridine rings is 1. The highest BCUT2D eigenvalue weighted by Crippen LogP contribution is 2.18. The highest BCUT2D eigenvalue weighted by molar-refractivity contribution is 14.1. The third-order valence-electron chi connectivity index (χ3n) is 2.75. The lowest BCUT2D eigenvalue weighted by Crippen LogP contribution is -2.15. The Kier molecular flexibility index (Phi) is 4.94. The second-order valence-electron chi connectivity index (χ2n) is 4.36. The Morgan fingerprint density at radius 2 is 2.00 bits per heavy atom. The molecule has 0 saturated carbocycles. The summed E-state index contributed by atoms with van der Waals surface area (Å²) in [6, 6.07) is 9.55. The molecule has 0 saturated heterocycles. The number of benzene rings is 1. The summed E-state index contributed by atoms with van der Waals surface area (Å²) in [4.78, 5) is 16.5. The third kappa shape index (κ3) is 3.69. The number of rotatable bonds is 4. The molecular formula is C15H16IN3O. The average Bonchev–Trinajstić information content (AvgIpc) is 2.42. The maximum atomic E-state index is 12.3. The van der Waals surface area contributed by atoms with Crippen LogP contribution in [0.1, 0.15) is 23.0 Å². The first-order chi connectivity index (χ1) is 9.60. The van der Waals surface area contributed by atoms with Crippen LogP contribution in [0.15, 0.2) is 36.5 Å². The summed E-state index contributed by atoms with van der Waals surface area (Å²) in [5, 5.41) is 6.07. The zero-order valence-electron chi connectivity index (χ0n) is 11.4. The SMILES string of the molecule is CCNc1cc(C)ncc1C(=O)Nc1ccc(I)cc1. The number of carbonyl (C=O) groups is 1. The summed E-state index contributed by atoms with van der Waals surface area (Å²) in [5.41, 5.74) is 3.02. The highest BCUT2D eigenvalue weighted by Gasteiger charge is 2.12. The molecule has 0 unspecified atom stereocenters. The lowest BCUT2D eigenvalue weighted by molar-refractivity contribution is 0.102. The lowest BCUT2D eigenvalue weighted by atomic mass is 10.2. The number of amides is 1. The average molecular weight is 381 g/mol. The number of nitrogens with zero attached hydrogens (tertiary/aromatic N) is 1. The molecule has 1 aromatic carbocycles. The minimum atomic E-state index is -0.158. The van der Waals surface area contributed by atoms with Gasteiger partial charge in [0.2, 0.25) is 0 Å². The van der Waals surface area contributed by atoms with E-state index < -0.39 is 0 Å². The quantitative estimate of drug-likeness (QED) is 0.795. The molecule has 1 aromatic heterocycles. The van der Waals surface area contributed by atoms with Crippen LogP contribution < -0.4 is 10.6 Å². The molecular weight excluding hydrogens is 365 g/mol. The first-order valence-electron chi connectivity index (χ1n) is 6.37. The van der Waals surface area contributed by atoms with E-state index in [9.17, 15) is 4.79 Å². The number of anilines is 2. The van der Waals surface area contributed by atoms with E-state index in [1.54, 1.807) is 6.20 Å². The monoisotopic (exact) mass is 381 g/mol. The van der Waals surface area contributed by atoms with Gasteiger partial charge < -0.3 is 10.6 Å². The first-order valence-corrected chi connectivity index (χ1v) is 7.45. The molecule has 0 aliphatic heterocycles. The van der Waals surface area contributed by atoms with E-state index in [0.717, 1.165) is 27.2 Å². The molecule has 20 heavy (non-hydrogen) atoms. The Balaban J connectivity index is 2.22. The summed E-state index contributed by atoms with van der Waals surface area (Å²) in [7, 11) is 0. The van der Waals surface area contributed by atoms with Crippen molar-refractivity contribution < 1.29 is 4.79 Å². The van der Waals surface area contributed by atoms with E-state index in [0.29, 0.717) is 5.56 Å². The van der Waals surface area contributed by atoms with Gasteiger partial charge in [-0.05, 0) is 66.8 Å². The zero-order valence-corrected chi connectivity index (χ0v) is 13.6. The van der Waals surface area contributed by atoms with Crippen molar-refractivity contribution in [2.75, 3.05) is 17.2 Å². The van der Waals surface area contributed by atoms with Gasteiger partial charge in [0.05, 0.1) is 11.3 Å². The lowest BCUT2D eigenvalue weighted by Gasteiger charge is -2.11. The van der Waals surface area contributed by atoms with Crippen LogP contribution in [0, 0.1) is 10.5 Å². The summed E-state index contributed by atoms with van der Waals surface area (Å²) < 4.78 is 1.13. The van der Waals surface area contributed by atoms with Crippen molar-refractivity contribution in [2.24, 2.45) is 0 Å². The number of halogens is 1. The highest BCUT2D eigenvalue weighted by atomic mass is 127. The molecule has 1 heterocycles. The number of carbonyl (C=O) groups excluding carboxylic acids is 1. The second-order valence-corrected chi connectivity index (χ2v) is 5.61. The van der Waals surface area contributed by atoms with Crippen LogP contribution in [-0.4, -0.2) is 17.4 Å². The number of hydrogen-bond donors (Lipinski definition) is 2. The molecule has 1 amide bonds. The molecule has 0 aliphatic carbocycles. The van der Waals surface area contributed by atoms with Gasteiger partial charge in [0.15, 0.2) is 0 Å². The molecule has 104 valence electrons. The largest absolute Gasteiger partial charge is 0.385 e. The molecule has 0 atom stereocenters. The maximum Gasteiger partial charge on any atom is 0.259 e. The summed E-state index contributed by atoms with van der Waals surface area (Å²) in [6.45, 7) is 4.66. The first kappa shape index (κ1) is 14.8. The van der Waals surface area contributed by atoms with Gasteiger partial charge in [0.25, 0.3) is 5.91 Å². The van der Waals surface area contributed by atoms with Crippen molar-refractivity contribution in [1.82, 2.24) is 4.98 Å². The molecule has 5 heteroatoms. The second kappa shape index (κ2) is 6.69. The summed E-state index contributed by atoms with van der Waals surface area (Å²) in [6.07, 6.45) is 1.61. The topological polar surface area (TPSA) is 54.0 Å². The number of aromatic nitrogens is 1. The van der Waals surface area contributed by atoms with Gasteiger partial charge in [0.1, 0.15) is 0 Å². The molecule has 0 spiro atoms. The fourth-order valence-electron chi connectivity index (χ4n) is 1.81. The molecule has 0 bridgehead atoms. The molecule has 2 rings (SSSR count). The van der Waals surface area contributed by atoms with Crippen LogP contribution in [0.25, 0.3) is 0 Å². The van der Waals surface area contributed by atoms with Gasteiger partial charge in [-0.2, -0.15) is 0 Å². The Labute approximate surface area is 132 Å². The van der Waals surface area contributed by atoms with E-state index in [-0.39, 0.29) is 5.91 Å². The van der Waals surface area contributed by atoms with Crippen LogP contribution in [0.4, 0.5) is 11.4 Å². The van der Waals surface area contributed by atoms with E-state index in [1.165, 1.54) is 0 Å². The van der Waals surface area contributed by atoms with Crippen LogP contribution in [0.2, 0.25) is 0 Å². The van der Waals surface area contributed by atoms with Gasteiger partial charge in [-0.15, -0.1) is 0 Å². The van der Waals surface area contributed by atoms with E-state index in [1.807, 2.05) is 44.2 Å². The van der Waals surface area contributed by atoms with E-state index in [2.05, 4.69) is 38.2 Å². The maximum absolute atomic E-state index is 12.3. The molecule has 0 fully saturated rings. The fourth-order valence-corrected chi connectivity index (χ4v) is 2.17. The zero-order chi connectivity index (χ0) is 14.5. The Hall–Kier alpha value is -1.63. The molecule has 4 nitrogen and oxygen atoms in total. The Morgan fingerprint density at radius 1 is 1.30 bits per heavy atom. The molecule has 0 radical (unpaired) electrons. The van der Waals surface area contributed by atoms with Crippen molar-refractivity contribution in [2.45, 2.75) is 13.8 Å². The van der Waals surface area contributed by atoms with Crippen molar-refractivity contribution in [3.05, 3.63) is 51.4 Å². The normalized spacial score (nSPS) is 10.2. The fraction of sp³-hybridized carbons (Fsp3) is 0.200. The van der Waals surface area contributed by atoms with Gasteiger partial charge in [-0.3, -0.25) is 9.78 Å². The molecule has 2 N–H and O–H groups in total. The van der Waals surface area contributed by atoms with Gasteiger partial charge >= 0.3 is 0 Å². The van der Waals surface area contributed by atoms with Gasteiger partial charge in [0, 0.05) is 27.7 Å². The minimum absolute atomic E-state index is 0.158. The number of nitrogens with one attached hydrogen (secondary N) is 2. The number of aryl methyl sites for hydroxylation is 1. The predicted octanol–water partition coefficient (Wildman–Crippen LogP) is 3.68. The molecule has 2 aromatic rings. The predicted molar refractivity (Wildman–Crippen MR) is 90.2 cm³/mol. The van der Waals surface area contributed by atoms with Crippen LogP contribution in [0.3, 0.4) is 0 Å². The van der Waals surface area contributed by atoms with Crippen molar-refractivity contribution in [3.8, 4) is 0 Å². The van der Waals surface area contributed by atoms with E-state index in [4.69, 9.17) is 0 Å². The van der Waals surface area contributed by atoms with Crippen LogP contribution in [-0.2, 0) is 0 Å². The minimum Gasteiger partial charge on any atom is -0.385 e. The third-order valence-corrected chi connectivity index (χ3v) is 3.47. The Morgan fingerprint density at radius 3 is 2.65 bits per heavy atom. The summed E-state index contributed by atoms with van der Waals surface area (Å²) >= 11 is 2.23. The smallest absolute Gasteiger partial charge is 0.259 e. The van der Waals surface area contributed by atoms with Gasteiger partial charge in [-0.1, -0.05) is 0 Å². The standard InChI is InChI=1S/C15H16IN3O/c1-3-17-14-8-10(2)18-9-13(14)15(20)19-12-6-4-11(16)5-7-12/h4-9H,3H2,1-2H3,(H,17,18)(H,19,20). The van der Waals surface area contributed by atoms with Crippen molar-refractivity contribution in [3.63, 3.8) is 0 Å². The number of hydrogen-bond acceptors (Lipinski definition) is 3. The van der Waals surface area contributed by atoms with Crippen LogP contribution >= 0.6 is 22.6 Å². The van der Waals surface area contributed by atoms with Gasteiger partial charge in [-0.25, -0.2) is 0 Å².